The molecule has 0 unspecified atom stereocenters. The molecule has 6 nitrogen and oxygen atoms in total. The molecule has 1 aromatic rings. The van der Waals surface area contributed by atoms with Crippen molar-refractivity contribution in [1.82, 2.24) is 9.21 Å². The molecule has 0 radical (unpaired) electrons. The summed E-state index contributed by atoms with van der Waals surface area (Å²) in [6.45, 7) is 1.95. The zero-order valence-corrected chi connectivity index (χ0v) is 14.5. The van der Waals surface area contributed by atoms with E-state index in [1.807, 2.05) is 24.3 Å². The van der Waals surface area contributed by atoms with Gasteiger partial charge < -0.3 is 9.64 Å². The molecular weight excluding hydrogens is 316 g/mol. The van der Waals surface area contributed by atoms with Gasteiger partial charge in [-0.1, -0.05) is 12.1 Å². The maximum absolute atomic E-state index is 12.3. The molecule has 0 aromatic heterocycles. The highest BCUT2D eigenvalue weighted by Gasteiger charge is 2.23. The number of nitrogens with zero attached hydrogens (tertiary/aromatic N) is 2. The summed E-state index contributed by atoms with van der Waals surface area (Å²) >= 11 is 0. The number of ether oxygens (including phenoxy) is 1. The summed E-state index contributed by atoms with van der Waals surface area (Å²) in [5.74, 6) is 0.879. The van der Waals surface area contributed by atoms with Crippen molar-refractivity contribution in [2.24, 2.45) is 0 Å². The van der Waals surface area contributed by atoms with Crippen LogP contribution in [0.1, 0.15) is 18.4 Å². The van der Waals surface area contributed by atoms with E-state index in [4.69, 9.17) is 4.74 Å². The molecule has 1 aliphatic rings. The molecule has 0 N–H and O–H groups in total. The predicted molar refractivity (Wildman–Crippen MR) is 88.9 cm³/mol. The summed E-state index contributed by atoms with van der Waals surface area (Å²) in [6.07, 6.45) is 3.01. The Bertz CT molecular complexity index is 628. The molecule has 23 heavy (non-hydrogen) atoms. The molecule has 0 saturated carbocycles. The van der Waals surface area contributed by atoms with E-state index < -0.39 is 10.0 Å². The maximum atomic E-state index is 12.3. The van der Waals surface area contributed by atoms with E-state index in [2.05, 4.69) is 0 Å². The van der Waals surface area contributed by atoms with Gasteiger partial charge >= 0.3 is 0 Å². The number of carbonyl (C=O) groups excluding carboxylic acids is 1. The normalized spacial score (nSPS) is 16.9. The van der Waals surface area contributed by atoms with Crippen LogP contribution in [0.25, 0.3) is 0 Å². The van der Waals surface area contributed by atoms with Crippen LogP contribution in [0.2, 0.25) is 0 Å². The smallest absolute Gasteiger partial charge is 0.222 e. The molecule has 1 amide bonds. The molecule has 2 rings (SSSR count). The van der Waals surface area contributed by atoms with Crippen molar-refractivity contribution in [2.75, 3.05) is 39.5 Å². The molecule has 7 heteroatoms. The second-order valence-electron chi connectivity index (χ2n) is 5.74. The topological polar surface area (TPSA) is 66.9 Å². The highest BCUT2D eigenvalue weighted by atomic mass is 32.2. The van der Waals surface area contributed by atoms with Gasteiger partial charge in [0.1, 0.15) is 5.75 Å². The van der Waals surface area contributed by atoms with Crippen molar-refractivity contribution < 1.29 is 17.9 Å². The summed E-state index contributed by atoms with van der Waals surface area (Å²) < 4.78 is 29.7. The van der Waals surface area contributed by atoms with Gasteiger partial charge in [0.15, 0.2) is 0 Å². The lowest BCUT2D eigenvalue weighted by Crippen LogP contribution is -2.37. The number of sulfonamides is 1. The Labute approximate surface area is 138 Å². The Balaban J connectivity index is 1.85. The molecule has 1 heterocycles. The van der Waals surface area contributed by atoms with Crippen LogP contribution in [-0.2, 0) is 21.2 Å². The largest absolute Gasteiger partial charge is 0.497 e. The first kappa shape index (κ1) is 17.7. The third kappa shape index (κ3) is 5.21. The SMILES string of the molecule is COc1ccc(CCC(=O)N2CCCN(S(C)(=O)=O)CC2)cc1. The summed E-state index contributed by atoms with van der Waals surface area (Å²) in [4.78, 5) is 14.1. The number of aryl methyl sites for hydroxylation is 1. The van der Waals surface area contributed by atoms with E-state index in [9.17, 15) is 13.2 Å². The molecule has 128 valence electrons. The van der Waals surface area contributed by atoms with Crippen LogP contribution >= 0.6 is 0 Å². The van der Waals surface area contributed by atoms with Gasteiger partial charge in [-0.3, -0.25) is 4.79 Å². The molecule has 0 bridgehead atoms. The second kappa shape index (κ2) is 7.79. The van der Waals surface area contributed by atoms with Crippen LogP contribution < -0.4 is 4.74 Å². The lowest BCUT2D eigenvalue weighted by molar-refractivity contribution is -0.131. The van der Waals surface area contributed by atoms with Crippen LogP contribution in [0.5, 0.6) is 5.75 Å². The molecule has 1 aromatic carbocycles. The third-order valence-corrected chi connectivity index (χ3v) is 5.37. The molecule has 0 spiro atoms. The standard InChI is InChI=1S/C16H24N2O4S/c1-22-15-7-4-14(5-8-15)6-9-16(19)17-10-3-11-18(13-12-17)23(2,20)21/h4-5,7-8H,3,6,9-13H2,1-2H3. The summed E-state index contributed by atoms with van der Waals surface area (Å²) in [5.41, 5.74) is 1.09. The van der Waals surface area contributed by atoms with Crippen molar-refractivity contribution >= 4 is 15.9 Å². The van der Waals surface area contributed by atoms with Crippen LogP contribution in [0.4, 0.5) is 0 Å². The fourth-order valence-electron chi connectivity index (χ4n) is 2.68. The van der Waals surface area contributed by atoms with Gasteiger partial charge in [0.2, 0.25) is 15.9 Å². The molecular formula is C16H24N2O4S. The van der Waals surface area contributed by atoms with Crippen LogP contribution in [-0.4, -0.2) is 63.1 Å². The minimum Gasteiger partial charge on any atom is -0.497 e. The third-order valence-electron chi connectivity index (χ3n) is 4.06. The van der Waals surface area contributed by atoms with Gasteiger partial charge in [-0.05, 0) is 30.5 Å². The van der Waals surface area contributed by atoms with Crippen LogP contribution in [0, 0.1) is 0 Å². The summed E-state index contributed by atoms with van der Waals surface area (Å²) in [6, 6.07) is 7.69. The Kier molecular flexibility index (Phi) is 6.01. The van der Waals surface area contributed by atoms with E-state index in [0.29, 0.717) is 45.4 Å². The highest BCUT2D eigenvalue weighted by molar-refractivity contribution is 7.88. The Morgan fingerprint density at radius 1 is 1.13 bits per heavy atom. The minimum atomic E-state index is -3.18. The Morgan fingerprint density at radius 2 is 1.83 bits per heavy atom. The van der Waals surface area contributed by atoms with Gasteiger partial charge in [-0.15, -0.1) is 0 Å². The van der Waals surface area contributed by atoms with E-state index in [-0.39, 0.29) is 5.91 Å². The van der Waals surface area contributed by atoms with Gasteiger partial charge in [-0.25, -0.2) is 12.7 Å². The Hall–Kier alpha value is -1.60. The number of rotatable bonds is 5. The van der Waals surface area contributed by atoms with Crippen molar-refractivity contribution in [2.45, 2.75) is 19.3 Å². The quantitative estimate of drug-likeness (QED) is 0.806. The van der Waals surface area contributed by atoms with E-state index >= 15 is 0 Å². The number of hydrogen-bond acceptors (Lipinski definition) is 4. The first-order chi connectivity index (χ1) is 10.9. The molecule has 1 fully saturated rings. The van der Waals surface area contributed by atoms with Gasteiger partial charge in [0, 0.05) is 32.6 Å². The molecule has 0 atom stereocenters. The maximum Gasteiger partial charge on any atom is 0.222 e. The molecule has 0 aliphatic carbocycles. The van der Waals surface area contributed by atoms with Crippen LogP contribution in [0.15, 0.2) is 24.3 Å². The van der Waals surface area contributed by atoms with E-state index in [0.717, 1.165) is 11.3 Å². The fourth-order valence-corrected chi connectivity index (χ4v) is 3.55. The molecule has 1 aliphatic heterocycles. The average Bonchev–Trinajstić information content (AvgIpc) is 2.79. The van der Waals surface area contributed by atoms with E-state index in [1.54, 1.807) is 12.0 Å². The summed E-state index contributed by atoms with van der Waals surface area (Å²) in [5, 5.41) is 0. The van der Waals surface area contributed by atoms with Crippen molar-refractivity contribution in [1.29, 1.82) is 0 Å². The van der Waals surface area contributed by atoms with Crippen LogP contribution in [0.3, 0.4) is 0 Å². The van der Waals surface area contributed by atoms with Crippen molar-refractivity contribution in [3.63, 3.8) is 0 Å². The number of hydrogen-bond donors (Lipinski definition) is 0. The lowest BCUT2D eigenvalue weighted by atomic mass is 10.1. The monoisotopic (exact) mass is 340 g/mol. The predicted octanol–water partition coefficient (Wildman–Crippen LogP) is 1.12. The van der Waals surface area contributed by atoms with Gasteiger partial charge in [0.25, 0.3) is 0 Å². The summed E-state index contributed by atoms with van der Waals surface area (Å²) in [7, 11) is -1.55. The average molecular weight is 340 g/mol. The van der Waals surface area contributed by atoms with Crippen molar-refractivity contribution in [3.8, 4) is 5.75 Å². The zero-order chi connectivity index (χ0) is 16.9. The number of amides is 1. The first-order valence-electron chi connectivity index (χ1n) is 7.76. The fraction of sp³-hybridized carbons (Fsp3) is 0.562. The number of methoxy groups -OCH3 is 1. The van der Waals surface area contributed by atoms with Gasteiger partial charge in [0.05, 0.1) is 13.4 Å². The van der Waals surface area contributed by atoms with E-state index in [1.165, 1.54) is 10.6 Å². The highest BCUT2D eigenvalue weighted by Crippen LogP contribution is 2.14. The van der Waals surface area contributed by atoms with Crippen molar-refractivity contribution in [3.05, 3.63) is 29.8 Å². The molecule has 1 saturated heterocycles. The van der Waals surface area contributed by atoms with Gasteiger partial charge in [-0.2, -0.15) is 0 Å². The number of carbonyl (C=O) groups is 1. The Morgan fingerprint density at radius 3 is 2.43 bits per heavy atom. The minimum absolute atomic E-state index is 0.0798. The number of benzene rings is 1. The zero-order valence-electron chi connectivity index (χ0n) is 13.7. The first-order valence-corrected chi connectivity index (χ1v) is 9.61. The second-order valence-corrected chi connectivity index (χ2v) is 7.73. The lowest BCUT2D eigenvalue weighted by Gasteiger charge is -2.21.